The summed E-state index contributed by atoms with van der Waals surface area (Å²) < 4.78 is 5.84. The van der Waals surface area contributed by atoms with Gasteiger partial charge in [-0.2, -0.15) is 0 Å². The molecule has 0 saturated heterocycles. The minimum atomic E-state index is 0.554. The van der Waals surface area contributed by atoms with Crippen molar-refractivity contribution in [2.24, 2.45) is 0 Å². The molecule has 17 heavy (non-hydrogen) atoms. The third kappa shape index (κ3) is 4.78. The molecule has 2 heteroatoms. The Labute approximate surface area is 105 Å². The second-order valence-corrected chi connectivity index (χ2v) is 5.02. The Morgan fingerprint density at radius 1 is 1.18 bits per heavy atom. The minimum absolute atomic E-state index is 0.554. The van der Waals surface area contributed by atoms with Crippen LogP contribution in [0.2, 0.25) is 0 Å². The van der Waals surface area contributed by atoms with E-state index in [1.165, 1.54) is 16.7 Å². The number of ether oxygens (including phenoxy) is 1. The standard InChI is InChI=1S/C15H25NO/c1-11(2)16-7-6-8-17-15-10-12(3)9-13(4)14(15)5/h9-11,16H,6-8H2,1-5H3. The minimum Gasteiger partial charge on any atom is -0.493 e. The lowest BCUT2D eigenvalue weighted by atomic mass is 10.1. The van der Waals surface area contributed by atoms with Gasteiger partial charge in [-0.15, -0.1) is 0 Å². The summed E-state index contributed by atoms with van der Waals surface area (Å²) in [5.41, 5.74) is 3.83. The molecule has 0 aliphatic heterocycles. The summed E-state index contributed by atoms with van der Waals surface area (Å²) >= 11 is 0. The van der Waals surface area contributed by atoms with Crippen LogP contribution in [-0.4, -0.2) is 19.2 Å². The lowest BCUT2D eigenvalue weighted by Crippen LogP contribution is -2.24. The Balaban J connectivity index is 2.41. The predicted octanol–water partition coefficient (Wildman–Crippen LogP) is 3.38. The van der Waals surface area contributed by atoms with Crippen LogP contribution in [0, 0.1) is 20.8 Å². The molecular weight excluding hydrogens is 210 g/mol. The zero-order valence-corrected chi connectivity index (χ0v) is 11.8. The van der Waals surface area contributed by atoms with Crippen LogP contribution in [0.25, 0.3) is 0 Å². The number of hydrogen-bond acceptors (Lipinski definition) is 2. The fourth-order valence-electron chi connectivity index (χ4n) is 1.80. The van der Waals surface area contributed by atoms with Crippen LogP contribution in [-0.2, 0) is 0 Å². The van der Waals surface area contributed by atoms with Gasteiger partial charge in [0.2, 0.25) is 0 Å². The van der Waals surface area contributed by atoms with Crippen molar-refractivity contribution >= 4 is 0 Å². The van der Waals surface area contributed by atoms with Gasteiger partial charge in [0.1, 0.15) is 5.75 Å². The second kappa shape index (κ2) is 6.65. The molecule has 0 atom stereocenters. The highest BCUT2D eigenvalue weighted by Crippen LogP contribution is 2.23. The summed E-state index contributed by atoms with van der Waals surface area (Å²) in [7, 11) is 0. The number of rotatable bonds is 6. The summed E-state index contributed by atoms with van der Waals surface area (Å²) in [4.78, 5) is 0. The van der Waals surface area contributed by atoms with Gasteiger partial charge in [0.05, 0.1) is 6.61 Å². The van der Waals surface area contributed by atoms with Crippen molar-refractivity contribution in [2.75, 3.05) is 13.2 Å². The average molecular weight is 235 g/mol. The van der Waals surface area contributed by atoms with Gasteiger partial charge < -0.3 is 10.1 Å². The van der Waals surface area contributed by atoms with E-state index in [2.05, 4.69) is 52.1 Å². The zero-order chi connectivity index (χ0) is 12.8. The van der Waals surface area contributed by atoms with Gasteiger partial charge in [-0.05, 0) is 56.5 Å². The Hall–Kier alpha value is -1.02. The molecule has 0 spiro atoms. The van der Waals surface area contributed by atoms with Gasteiger partial charge in [-0.3, -0.25) is 0 Å². The molecule has 0 aromatic heterocycles. The van der Waals surface area contributed by atoms with Crippen molar-refractivity contribution < 1.29 is 4.74 Å². The highest BCUT2D eigenvalue weighted by molar-refractivity contribution is 5.41. The van der Waals surface area contributed by atoms with Crippen LogP contribution in [0.4, 0.5) is 0 Å². The van der Waals surface area contributed by atoms with Gasteiger partial charge in [0.25, 0.3) is 0 Å². The fraction of sp³-hybridized carbons (Fsp3) is 0.600. The first-order chi connectivity index (χ1) is 8.00. The van der Waals surface area contributed by atoms with Crippen LogP contribution < -0.4 is 10.1 Å². The number of benzene rings is 1. The molecule has 0 radical (unpaired) electrons. The van der Waals surface area contributed by atoms with Crippen LogP contribution in [0.3, 0.4) is 0 Å². The van der Waals surface area contributed by atoms with E-state index >= 15 is 0 Å². The molecule has 1 aromatic carbocycles. The summed E-state index contributed by atoms with van der Waals surface area (Å²) in [6.07, 6.45) is 1.05. The molecule has 0 saturated carbocycles. The summed E-state index contributed by atoms with van der Waals surface area (Å²) in [6.45, 7) is 12.5. The fourth-order valence-corrected chi connectivity index (χ4v) is 1.80. The van der Waals surface area contributed by atoms with Crippen molar-refractivity contribution in [3.63, 3.8) is 0 Å². The van der Waals surface area contributed by atoms with Gasteiger partial charge >= 0.3 is 0 Å². The third-order valence-electron chi connectivity index (χ3n) is 2.90. The molecule has 0 fully saturated rings. The highest BCUT2D eigenvalue weighted by atomic mass is 16.5. The topological polar surface area (TPSA) is 21.3 Å². The molecule has 0 aliphatic rings. The molecule has 2 nitrogen and oxygen atoms in total. The molecule has 0 bridgehead atoms. The van der Waals surface area contributed by atoms with E-state index in [4.69, 9.17) is 4.74 Å². The van der Waals surface area contributed by atoms with E-state index in [0.29, 0.717) is 6.04 Å². The van der Waals surface area contributed by atoms with Crippen LogP contribution in [0.1, 0.15) is 37.0 Å². The third-order valence-corrected chi connectivity index (χ3v) is 2.90. The lowest BCUT2D eigenvalue weighted by molar-refractivity contribution is 0.304. The van der Waals surface area contributed by atoms with Crippen molar-refractivity contribution in [3.05, 3.63) is 28.8 Å². The number of aryl methyl sites for hydroxylation is 2. The van der Waals surface area contributed by atoms with E-state index in [1.54, 1.807) is 0 Å². The molecule has 1 rings (SSSR count). The van der Waals surface area contributed by atoms with Crippen molar-refractivity contribution in [1.82, 2.24) is 5.32 Å². The molecule has 0 unspecified atom stereocenters. The second-order valence-electron chi connectivity index (χ2n) is 5.02. The van der Waals surface area contributed by atoms with E-state index in [9.17, 15) is 0 Å². The largest absolute Gasteiger partial charge is 0.493 e. The predicted molar refractivity (Wildman–Crippen MR) is 73.9 cm³/mol. The van der Waals surface area contributed by atoms with Crippen molar-refractivity contribution in [1.29, 1.82) is 0 Å². The van der Waals surface area contributed by atoms with Crippen LogP contribution >= 0.6 is 0 Å². The summed E-state index contributed by atoms with van der Waals surface area (Å²) in [5, 5.41) is 3.39. The number of hydrogen-bond donors (Lipinski definition) is 1. The molecule has 0 heterocycles. The maximum Gasteiger partial charge on any atom is 0.122 e. The van der Waals surface area contributed by atoms with E-state index in [1.807, 2.05) is 0 Å². The molecule has 1 N–H and O–H groups in total. The maximum absolute atomic E-state index is 5.84. The van der Waals surface area contributed by atoms with Crippen molar-refractivity contribution in [2.45, 2.75) is 47.1 Å². The molecule has 0 amide bonds. The molecule has 0 aliphatic carbocycles. The van der Waals surface area contributed by atoms with E-state index in [0.717, 1.165) is 25.3 Å². The molecular formula is C15H25NO. The first-order valence-corrected chi connectivity index (χ1v) is 6.44. The van der Waals surface area contributed by atoms with E-state index in [-0.39, 0.29) is 0 Å². The Morgan fingerprint density at radius 2 is 1.88 bits per heavy atom. The molecule has 1 aromatic rings. The van der Waals surface area contributed by atoms with Crippen molar-refractivity contribution in [3.8, 4) is 5.75 Å². The van der Waals surface area contributed by atoms with Crippen LogP contribution in [0.5, 0.6) is 5.75 Å². The lowest BCUT2D eigenvalue weighted by Gasteiger charge is -2.13. The Morgan fingerprint density at radius 3 is 2.53 bits per heavy atom. The Bertz CT molecular complexity index is 358. The van der Waals surface area contributed by atoms with Gasteiger partial charge in [-0.1, -0.05) is 19.9 Å². The highest BCUT2D eigenvalue weighted by Gasteiger charge is 2.03. The SMILES string of the molecule is Cc1cc(C)c(C)c(OCCCNC(C)C)c1. The first kappa shape index (κ1) is 14.0. The Kier molecular flexibility index (Phi) is 5.49. The smallest absolute Gasteiger partial charge is 0.122 e. The monoisotopic (exact) mass is 235 g/mol. The summed E-state index contributed by atoms with van der Waals surface area (Å²) in [5.74, 6) is 1.03. The van der Waals surface area contributed by atoms with Gasteiger partial charge in [-0.25, -0.2) is 0 Å². The van der Waals surface area contributed by atoms with Gasteiger partial charge in [0, 0.05) is 6.04 Å². The molecule has 96 valence electrons. The normalized spacial score (nSPS) is 10.9. The average Bonchev–Trinajstić information content (AvgIpc) is 2.23. The quantitative estimate of drug-likeness (QED) is 0.763. The van der Waals surface area contributed by atoms with E-state index < -0.39 is 0 Å². The zero-order valence-electron chi connectivity index (χ0n) is 11.8. The first-order valence-electron chi connectivity index (χ1n) is 6.44. The van der Waals surface area contributed by atoms with Crippen LogP contribution in [0.15, 0.2) is 12.1 Å². The summed E-state index contributed by atoms with van der Waals surface area (Å²) in [6, 6.07) is 4.87. The number of nitrogens with one attached hydrogen (secondary N) is 1. The van der Waals surface area contributed by atoms with Gasteiger partial charge in [0.15, 0.2) is 0 Å². The maximum atomic E-state index is 5.84.